The van der Waals surface area contributed by atoms with E-state index in [-0.39, 0.29) is 28.9 Å². The van der Waals surface area contributed by atoms with E-state index in [1.54, 1.807) is 19.9 Å². The fourth-order valence-electron chi connectivity index (χ4n) is 2.77. The first kappa shape index (κ1) is 30.5. The van der Waals surface area contributed by atoms with Crippen molar-refractivity contribution in [3.63, 3.8) is 0 Å². The third-order valence-corrected chi connectivity index (χ3v) is 5.95. The molecule has 0 aliphatic carbocycles. The molecule has 0 fully saturated rings. The van der Waals surface area contributed by atoms with Gasteiger partial charge in [0.1, 0.15) is 0 Å². The largest absolute Gasteiger partial charge is 0.481 e. The number of non-ortho nitro benzene ring substituents is 1. The van der Waals surface area contributed by atoms with E-state index < -0.39 is 35.3 Å². The number of ketones is 2. The summed E-state index contributed by atoms with van der Waals surface area (Å²) in [5.41, 5.74) is 7.13. The molecule has 0 saturated carbocycles. The van der Waals surface area contributed by atoms with Crippen LogP contribution in [0.2, 0.25) is 0 Å². The number of nitro groups is 1. The number of amides is 1. The molecule has 1 amide bonds. The minimum absolute atomic E-state index is 0.0531. The van der Waals surface area contributed by atoms with Gasteiger partial charge >= 0.3 is 5.97 Å². The van der Waals surface area contributed by atoms with E-state index in [9.17, 15) is 29.3 Å². The Kier molecular flexibility index (Phi) is 13.1. The van der Waals surface area contributed by atoms with E-state index >= 15 is 0 Å². The number of carboxylic acids is 1. The van der Waals surface area contributed by atoms with Crippen molar-refractivity contribution in [1.29, 1.82) is 0 Å². The molecule has 4 N–H and O–H groups in total. The molecule has 36 heavy (non-hydrogen) atoms. The lowest BCUT2D eigenvalue weighted by atomic mass is 10.0. The Morgan fingerprint density at radius 2 is 1.72 bits per heavy atom. The van der Waals surface area contributed by atoms with Crippen molar-refractivity contribution in [2.75, 3.05) is 5.75 Å². The highest BCUT2D eigenvalue weighted by Gasteiger charge is 2.26. The molecule has 2 aromatic carbocycles. The highest BCUT2D eigenvalue weighted by Crippen LogP contribution is 2.14. The summed E-state index contributed by atoms with van der Waals surface area (Å²) in [6.45, 7) is 4.95. The molecule has 0 aliphatic rings. The molecule has 0 saturated heterocycles. The highest BCUT2D eigenvalue weighted by atomic mass is 32.2. The average molecular weight is 518 g/mol. The first-order chi connectivity index (χ1) is 16.9. The van der Waals surface area contributed by atoms with Gasteiger partial charge in [-0.2, -0.15) is 0 Å². The maximum absolute atomic E-state index is 12.3. The predicted molar refractivity (Wildman–Crippen MR) is 138 cm³/mol. The number of benzene rings is 2. The Balaban J connectivity index is 0.000000450. The number of carboxylic acid groups (broad SMARTS) is 1. The van der Waals surface area contributed by atoms with E-state index in [0.29, 0.717) is 11.3 Å². The molecular weight excluding hydrogens is 486 g/mol. The van der Waals surface area contributed by atoms with Crippen molar-refractivity contribution in [3.05, 3.63) is 75.8 Å². The normalized spacial score (nSPS) is 12.0. The van der Waals surface area contributed by atoms with Crippen LogP contribution in [0.1, 0.15) is 43.1 Å². The van der Waals surface area contributed by atoms with Crippen LogP contribution < -0.4 is 11.1 Å². The number of carbonyl (C=O) groups excluding carboxylic acids is 3. The number of nitrogens with two attached hydrogens (primary N) is 1. The minimum atomic E-state index is -1.14. The molecule has 0 aliphatic heterocycles. The van der Waals surface area contributed by atoms with Crippen molar-refractivity contribution in [3.8, 4) is 0 Å². The fourth-order valence-corrected chi connectivity index (χ4v) is 3.71. The monoisotopic (exact) mass is 517 g/mol. The number of aliphatic carboxylic acids is 1. The molecule has 1 unspecified atom stereocenters. The first-order valence-electron chi connectivity index (χ1n) is 11.1. The number of thioether (sulfide) groups is 1. The predicted octanol–water partition coefficient (Wildman–Crippen LogP) is 3.23. The van der Waals surface area contributed by atoms with Gasteiger partial charge in [0, 0.05) is 23.4 Å². The summed E-state index contributed by atoms with van der Waals surface area (Å²) in [6.07, 6.45) is -0.443. The Bertz CT molecular complexity index is 1030. The van der Waals surface area contributed by atoms with Crippen LogP contribution in [0.3, 0.4) is 0 Å². The van der Waals surface area contributed by atoms with Crippen LogP contribution in [-0.4, -0.2) is 51.3 Å². The zero-order valence-corrected chi connectivity index (χ0v) is 21.2. The van der Waals surface area contributed by atoms with Gasteiger partial charge < -0.3 is 16.2 Å². The van der Waals surface area contributed by atoms with Crippen molar-refractivity contribution in [2.24, 2.45) is 11.7 Å². The van der Waals surface area contributed by atoms with Gasteiger partial charge in [0.2, 0.25) is 5.91 Å². The molecule has 11 heteroatoms. The molecule has 0 aromatic heterocycles. The van der Waals surface area contributed by atoms with Crippen LogP contribution in [-0.2, 0) is 20.1 Å². The van der Waals surface area contributed by atoms with Gasteiger partial charge in [-0.25, -0.2) is 0 Å². The van der Waals surface area contributed by atoms with Crippen LogP contribution in [0.4, 0.5) is 5.69 Å². The van der Waals surface area contributed by atoms with E-state index in [4.69, 9.17) is 10.8 Å². The van der Waals surface area contributed by atoms with Gasteiger partial charge in [-0.15, -0.1) is 11.8 Å². The summed E-state index contributed by atoms with van der Waals surface area (Å²) in [6, 6.07) is 13.5. The van der Waals surface area contributed by atoms with E-state index in [0.717, 1.165) is 5.56 Å². The van der Waals surface area contributed by atoms with Crippen molar-refractivity contribution >= 4 is 40.9 Å². The first-order valence-corrected chi connectivity index (χ1v) is 12.2. The summed E-state index contributed by atoms with van der Waals surface area (Å²) < 4.78 is 0. The summed E-state index contributed by atoms with van der Waals surface area (Å²) in [4.78, 5) is 55.7. The van der Waals surface area contributed by atoms with Crippen molar-refractivity contribution in [2.45, 2.75) is 45.0 Å². The Morgan fingerprint density at radius 3 is 2.25 bits per heavy atom. The maximum Gasteiger partial charge on any atom is 0.305 e. The second-order valence-corrected chi connectivity index (χ2v) is 9.22. The SMILES string of the molecule is CC(=O)c1cccc([N+](=O)[O-])c1.CC(C)[C@H](N)C(=O)NC(CC(=O)O)C(=O)CSCc1ccccc1. The molecule has 0 spiro atoms. The second-order valence-electron chi connectivity index (χ2n) is 8.24. The zero-order valence-electron chi connectivity index (χ0n) is 20.4. The standard InChI is InChI=1S/C17H24N2O4S.C8H7NO3/c1-11(2)16(18)17(23)19-13(8-15(21)22)14(20)10-24-9-12-6-4-3-5-7-12;1-6(10)7-3-2-4-8(5-7)9(11)12/h3-7,11,13,16H,8-10,18H2,1-2H3,(H,19,23)(H,21,22);2-5H,1H3/t13?,16-;/m0./s1. The lowest BCUT2D eigenvalue weighted by molar-refractivity contribution is -0.384. The summed E-state index contributed by atoms with van der Waals surface area (Å²) in [7, 11) is 0. The van der Waals surface area contributed by atoms with Gasteiger partial charge in [0.25, 0.3) is 5.69 Å². The number of rotatable bonds is 12. The molecular formula is C25H31N3O7S. The Morgan fingerprint density at radius 1 is 1.08 bits per heavy atom. The van der Waals surface area contributed by atoms with Crippen LogP contribution in [0.15, 0.2) is 54.6 Å². The molecule has 2 rings (SSSR count). The van der Waals surface area contributed by atoms with Gasteiger partial charge in [0.05, 0.1) is 29.2 Å². The third-order valence-electron chi connectivity index (χ3n) is 4.92. The zero-order chi connectivity index (χ0) is 27.3. The van der Waals surface area contributed by atoms with Crippen molar-refractivity contribution < 1.29 is 29.2 Å². The Labute approximate surface area is 213 Å². The van der Waals surface area contributed by atoms with Gasteiger partial charge in [-0.05, 0) is 18.4 Å². The number of nitrogens with zero attached hydrogens (tertiary/aromatic N) is 1. The van der Waals surface area contributed by atoms with Crippen LogP contribution in [0.5, 0.6) is 0 Å². The topological polar surface area (TPSA) is 170 Å². The average Bonchev–Trinajstić information content (AvgIpc) is 2.83. The molecule has 0 heterocycles. The summed E-state index contributed by atoms with van der Waals surface area (Å²) >= 11 is 1.39. The number of nitro benzene ring substituents is 1. The van der Waals surface area contributed by atoms with Crippen LogP contribution in [0.25, 0.3) is 0 Å². The lowest BCUT2D eigenvalue weighted by Gasteiger charge is -2.20. The van der Waals surface area contributed by atoms with Gasteiger partial charge in [-0.1, -0.05) is 56.3 Å². The number of Topliss-reactive ketones (excluding diaryl/α,β-unsaturated/α-hetero) is 2. The highest BCUT2D eigenvalue weighted by molar-refractivity contribution is 7.99. The quantitative estimate of drug-likeness (QED) is 0.217. The fraction of sp³-hybridized carbons (Fsp3) is 0.360. The van der Waals surface area contributed by atoms with E-state index in [1.807, 2.05) is 30.3 Å². The van der Waals surface area contributed by atoms with Gasteiger partial charge in [0.15, 0.2) is 11.6 Å². The second kappa shape index (κ2) is 15.4. The lowest BCUT2D eigenvalue weighted by Crippen LogP contribution is -2.51. The van der Waals surface area contributed by atoms with Gasteiger partial charge in [-0.3, -0.25) is 29.3 Å². The molecule has 194 valence electrons. The number of carbonyl (C=O) groups is 4. The smallest absolute Gasteiger partial charge is 0.305 e. The summed E-state index contributed by atoms with van der Waals surface area (Å²) in [5, 5.41) is 21.7. The Hall–Kier alpha value is -3.57. The van der Waals surface area contributed by atoms with Crippen LogP contribution in [0, 0.1) is 16.0 Å². The minimum Gasteiger partial charge on any atom is -0.481 e. The summed E-state index contributed by atoms with van der Waals surface area (Å²) in [5.74, 6) is -1.45. The molecule has 0 radical (unpaired) electrons. The third kappa shape index (κ3) is 11.2. The van der Waals surface area contributed by atoms with Crippen molar-refractivity contribution in [1.82, 2.24) is 5.32 Å². The number of nitrogens with one attached hydrogen (secondary N) is 1. The van der Waals surface area contributed by atoms with E-state index in [1.165, 1.54) is 36.9 Å². The molecule has 10 nitrogen and oxygen atoms in total. The molecule has 2 atom stereocenters. The maximum atomic E-state index is 12.3. The molecule has 0 bridgehead atoms. The molecule has 2 aromatic rings. The number of hydrogen-bond donors (Lipinski definition) is 3. The van der Waals surface area contributed by atoms with E-state index in [2.05, 4.69) is 5.32 Å². The van der Waals surface area contributed by atoms with Crippen LogP contribution >= 0.6 is 11.8 Å². The number of hydrogen-bond acceptors (Lipinski definition) is 8.